The maximum absolute atomic E-state index is 15.2. The number of aromatic nitrogens is 7. The van der Waals surface area contributed by atoms with Gasteiger partial charge >= 0.3 is 18.0 Å². The number of nitrogens with one attached hydrogen (secondary N) is 6. The Balaban J connectivity index is 1.02. The lowest BCUT2D eigenvalue weighted by molar-refractivity contribution is -0.280. The number of urea groups is 1. The molecule has 100 heavy (non-hydrogen) atoms. The molecule has 0 saturated carbocycles. The van der Waals surface area contributed by atoms with E-state index in [0.717, 1.165) is 56.7 Å². The Morgan fingerprint density at radius 2 is 1.51 bits per heavy atom. The number of likely N-dealkylation sites (N-methyl/N-ethyl adjacent to an activating group) is 2. The van der Waals surface area contributed by atoms with E-state index in [-0.39, 0.29) is 111 Å². The van der Waals surface area contributed by atoms with E-state index in [0.29, 0.717) is 29.1 Å². The maximum Gasteiger partial charge on any atom is 0.358 e. The van der Waals surface area contributed by atoms with Crippen LogP contribution in [0.5, 0.6) is 5.75 Å². The third-order valence-corrected chi connectivity index (χ3v) is 21.4. The van der Waals surface area contributed by atoms with Gasteiger partial charge in [-0.2, -0.15) is 4.73 Å². The lowest BCUT2D eigenvalue weighted by Gasteiger charge is -2.48. The summed E-state index contributed by atoms with van der Waals surface area (Å²) in [5.74, 6) is -6.11. The van der Waals surface area contributed by atoms with Gasteiger partial charge in [0.25, 0.3) is 17.7 Å². The number of amides is 6. The van der Waals surface area contributed by atoms with Crippen LogP contribution < -0.4 is 31.9 Å². The summed E-state index contributed by atoms with van der Waals surface area (Å²) in [6.07, 6.45) is -7.46. The Hall–Kier alpha value is -8.99. The van der Waals surface area contributed by atoms with Gasteiger partial charge < -0.3 is 90.6 Å². The normalized spacial score (nSPS) is 23.9. The predicted molar refractivity (Wildman–Crippen MR) is 363 cm³/mol. The van der Waals surface area contributed by atoms with Crippen molar-refractivity contribution in [2.24, 2.45) is 0 Å². The minimum Gasteiger partial charge on any atom is -0.506 e. The molecule has 6 amide bonds. The second-order valence-electron chi connectivity index (χ2n) is 24.5. The first-order valence-electron chi connectivity index (χ1n) is 31.1. The summed E-state index contributed by atoms with van der Waals surface area (Å²) in [7, 11) is 8.63. The first kappa shape index (κ1) is 70.9. The molecule has 4 aliphatic heterocycles. The van der Waals surface area contributed by atoms with Gasteiger partial charge in [0.05, 0.1) is 55.3 Å². The van der Waals surface area contributed by atoms with Crippen LogP contribution in [-0.2, 0) is 57.8 Å². The molecule has 1 fully saturated rings. The lowest BCUT2D eigenvalue weighted by atomic mass is 9.85. The fourth-order valence-electron chi connectivity index (χ4n) is 12.1. The van der Waals surface area contributed by atoms with E-state index in [1.54, 1.807) is 55.7 Å². The van der Waals surface area contributed by atoms with Crippen molar-refractivity contribution in [3.8, 4) is 38.4 Å². The molecule has 37 heteroatoms. The van der Waals surface area contributed by atoms with E-state index < -0.39 is 128 Å². The number of thiazole rings is 5. The topological polar surface area (TPSA) is 417 Å². The molecule has 32 nitrogen and oxygen atoms in total. The number of carbonyl (C=O) groups excluding carboxylic acids is 7. The van der Waals surface area contributed by atoms with E-state index in [4.69, 9.17) is 43.4 Å². The van der Waals surface area contributed by atoms with E-state index >= 15 is 19.2 Å². The van der Waals surface area contributed by atoms with Crippen LogP contribution in [0.1, 0.15) is 120 Å². The second kappa shape index (κ2) is 29.3. The number of carbonyl (C=O) groups is 7. The summed E-state index contributed by atoms with van der Waals surface area (Å²) in [4.78, 5) is 134. The number of allylic oxidation sites excluding steroid dienone is 1. The molecule has 11 heterocycles. The van der Waals surface area contributed by atoms with E-state index in [1.807, 2.05) is 19.0 Å². The van der Waals surface area contributed by atoms with Gasteiger partial charge in [-0.15, -0.1) is 56.7 Å². The van der Waals surface area contributed by atoms with Gasteiger partial charge in [0.15, 0.2) is 18.1 Å². The summed E-state index contributed by atoms with van der Waals surface area (Å²) in [6.45, 7) is 5.39. The number of aliphatic hydroxyl groups is 2. The Kier molecular flexibility index (Phi) is 20.8. The molecule has 0 spiro atoms. The van der Waals surface area contributed by atoms with Gasteiger partial charge in [0, 0.05) is 62.9 Å². The van der Waals surface area contributed by atoms with Crippen LogP contribution in [0.4, 0.5) is 4.79 Å². The zero-order valence-corrected chi connectivity index (χ0v) is 59.1. The number of hydrogen-bond donors (Lipinski definition) is 10. The van der Waals surface area contributed by atoms with Gasteiger partial charge in [0.2, 0.25) is 5.91 Å². The summed E-state index contributed by atoms with van der Waals surface area (Å²) < 4.78 is 38.3. The number of ether oxygens (including phenoxy) is 6. The fourth-order valence-corrected chi connectivity index (χ4v) is 16.3. The Bertz CT molecular complexity index is 4520. The molecule has 0 radical (unpaired) electrons. The second-order valence-corrected chi connectivity index (χ2v) is 28.9. The van der Waals surface area contributed by atoms with E-state index in [9.17, 15) is 34.9 Å². The third-order valence-electron chi connectivity index (χ3n) is 16.8. The molecular formula is C63H69N15O17S5. The molecule has 1 aromatic carbocycles. The van der Waals surface area contributed by atoms with Crippen molar-refractivity contribution < 1.29 is 82.5 Å². The van der Waals surface area contributed by atoms with Crippen molar-refractivity contribution >= 4 is 115 Å². The van der Waals surface area contributed by atoms with Crippen LogP contribution in [0.3, 0.4) is 0 Å². The van der Waals surface area contributed by atoms with Crippen LogP contribution in [0.2, 0.25) is 0 Å². The average molecular weight is 1470 g/mol. The zero-order valence-electron chi connectivity index (χ0n) is 55.0. The number of nitrogens with zero attached hydrogens (tertiary/aromatic N) is 9. The third kappa shape index (κ3) is 14.6. The highest BCUT2D eigenvalue weighted by Crippen LogP contribution is 2.43. The van der Waals surface area contributed by atoms with Crippen LogP contribution in [0.15, 0.2) is 56.9 Å². The summed E-state index contributed by atoms with van der Waals surface area (Å²) in [5, 5.41) is 71.9. The molecule has 1 saturated heterocycles. The quantitative estimate of drug-likeness (QED) is 0.0483. The number of methoxy groups -OCH3 is 1. The number of hydrogen-bond acceptors (Lipinski definition) is 30. The highest BCUT2D eigenvalue weighted by atomic mass is 32.1. The zero-order chi connectivity index (χ0) is 71.2. The monoisotopic (exact) mass is 1470 g/mol. The van der Waals surface area contributed by atoms with Crippen LogP contribution in [0, 0.1) is 0 Å². The predicted octanol–water partition coefficient (Wildman–Crippen LogP) is 4.52. The van der Waals surface area contributed by atoms with Crippen molar-refractivity contribution in [2.45, 2.75) is 114 Å². The fraction of sp³-hybridized carbons (Fsp3) is 0.413. The number of fused-ring (bicyclic) bond motifs is 15. The molecule has 8 aromatic rings. The van der Waals surface area contributed by atoms with Crippen molar-refractivity contribution in [1.82, 2.24) is 76.3 Å². The molecule has 7 aromatic heterocycles. The van der Waals surface area contributed by atoms with Crippen molar-refractivity contribution in [1.29, 1.82) is 0 Å². The van der Waals surface area contributed by atoms with Gasteiger partial charge in [-0.3, -0.25) is 19.2 Å². The number of aliphatic hydroxyl groups excluding tert-OH is 1. The van der Waals surface area contributed by atoms with Crippen LogP contribution in [0.25, 0.3) is 49.3 Å². The number of aromatic hydroxyl groups is 1. The first-order valence-corrected chi connectivity index (χ1v) is 35.5. The van der Waals surface area contributed by atoms with Gasteiger partial charge in [-0.25, -0.2) is 44.3 Å². The molecule has 528 valence electrons. The summed E-state index contributed by atoms with van der Waals surface area (Å²) >= 11 is 4.85. The van der Waals surface area contributed by atoms with Gasteiger partial charge in [0.1, 0.15) is 114 Å². The minimum absolute atomic E-state index is 0.000500. The molecule has 10 N–H and O–H groups in total. The first-order chi connectivity index (χ1) is 47.7. The van der Waals surface area contributed by atoms with E-state index in [1.165, 1.54) is 49.2 Å². The Labute approximate surface area is 589 Å². The largest absolute Gasteiger partial charge is 0.506 e. The number of esters is 2. The van der Waals surface area contributed by atoms with Crippen LogP contribution >= 0.6 is 56.7 Å². The van der Waals surface area contributed by atoms with E-state index in [2.05, 4.69) is 46.9 Å². The summed E-state index contributed by atoms with van der Waals surface area (Å²) in [6, 6.07) is 0.464. The standard InChI is InChI=1S/C63H69N15O17S5/c1-26(79)42-54(84)74-43(27(2)90-9)57-70-37(25-99-57)53(83)75-46-48-49(95-40-16-63(4,88)50(77(7)8)28(3)94-40)61(86)92-18-29-11-10-12-38-41(29)32(19-91-48)47(78(38)89)60(85)93-20-33(67-51(81)35-24-100-59(46)71-35)56-68-34(22-98-56)44-31(55-69-36(23-97-55)52(82)73-42)15-39(80)45(72-44)58-66-30(21-96-58)17-65-62(87)64-13-14-76(5)6/h10-12,15,21-26,28,33,40,42,46,48-50,79-80,88-89H,13-14,16-20H2,1-9H3,(H,67,81)(H,73,82)(H,74,84)(H,75,83)(H2,64,65,87)/b43-27+/t26-,28+,33+,40+,42+,46+,48+,49+,50-,63+/m1/s1. The highest BCUT2D eigenvalue weighted by Gasteiger charge is 2.50. The SMILES string of the molecule is CO/C(C)=C1/NC(=O)[C@H]([C@@H](C)O)NC(=O)c2csc(n2)-c2cc(O)c(-c3nc(CNC(=O)NCCN(C)C)cs3)nc2-c2csc(n2)[C@@H]2COC(=O)c3c4c5c(cccc5n3O)COC(=O)[C@@H](O[C@H]3C[C@](C)(O)[C@H](N(C)C)[C@H](C)O3)[C@@H](OC4)[C@H](NC(=O)c3csc1n3)c1nc(cs1)C(=O)N2. The Morgan fingerprint density at radius 3 is 2.24 bits per heavy atom. The average Bonchev–Trinajstić information content (AvgIpc) is 1.59. The summed E-state index contributed by atoms with van der Waals surface area (Å²) in [5.41, 5.74) is -1.58. The molecule has 10 atom stereocenters. The van der Waals surface area contributed by atoms with Crippen LogP contribution in [-0.4, -0.2) is 210 Å². The minimum atomic E-state index is -1.90. The molecule has 12 rings (SSSR count). The van der Waals surface area contributed by atoms with Crippen molar-refractivity contribution in [2.75, 3.05) is 55.0 Å². The van der Waals surface area contributed by atoms with Gasteiger partial charge in [-0.05, 0) is 73.6 Å². The number of cyclic esters (lactones) is 2. The maximum atomic E-state index is 15.2. The van der Waals surface area contributed by atoms with Gasteiger partial charge in [-0.1, -0.05) is 12.1 Å². The van der Waals surface area contributed by atoms with Crippen molar-refractivity contribution in [3.63, 3.8) is 0 Å². The smallest absolute Gasteiger partial charge is 0.358 e. The molecule has 0 unspecified atom stereocenters. The highest BCUT2D eigenvalue weighted by molar-refractivity contribution is 7.14. The molecule has 12 bridgehead atoms. The molecule has 4 aliphatic rings. The number of pyridine rings is 1. The lowest BCUT2D eigenvalue weighted by Crippen LogP contribution is -2.62. The molecule has 0 aliphatic carbocycles. The Morgan fingerprint density at radius 1 is 0.830 bits per heavy atom. The number of benzene rings is 1. The number of rotatable bonds is 11. The van der Waals surface area contributed by atoms with Crippen molar-refractivity contribution in [3.05, 3.63) is 112 Å². The molecular weight excluding hydrogens is 1400 g/mol.